The Kier molecular flexibility index (Phi) is 5.95. The lowest BCUT2D eigenvalue weighted by Crippen LogP contribution is -2.33. The van der Waals surface area contributed by atoms with Gasteiger partial charge in [-0.2, -0.15) is 13.2 Å². The van der Waals surface area contributed by atoms with E-state index in [2.05, 4.69) is 36.5 Å². The lowest BCUT2D eigenvalue weighted by molar-refractivity contribution is -0.141. The van der Waals surface area contributed by atoms with E-state index in [1.807, 2.05) is 0 Å². The van der Waals surface area contributed by atoms with Crippen LogP contribution < -0.4 is 10.6 Å². The molecular formula is C17H16BrF3N4O2. The largest absolute Gasteiger partial charge is 0.434 e. The fourth-order valence-corrected chi connectivity index (χ4v) is 3.03. The van der Waals surface area contributed by atoms with Gasteiger partial charge < -0.3 is 15.4 Å². The second-order valence-corrected chi connectivity index (χ2v) is 6.85. The van der Waals surface area contributed by atoms with E-state index in [-0.39, 0.29) is 18.6 Å². The van der Waals surface area contributed by atoms with E-state index in [1.165, 1.54) is 0 Å². The van der Waals surface area contributed by atoms with Crippen molar-refractivity contribution in [3.63, 3.8) is 0 Å². The van der Waals surface area contributed by atoms with Crippen molar-refractivity contribution in [2.45, 2.75) is 25.1 Å². The van der Waals surface area contributed by atoms with Gasteiger partial charge in [0.1, 0.15) is 0 Å². The maximum atomic E-state index is 13.4. The average molecular weight is 445 g/mol. The first-order valence-corrected chi connectivity index (χ1v) is 8.99. The van der Waals surface area contributed by atoms with Gasteiger partial charge in [-0.25, -0.2) is 9.97 Å². The van der Waals surface area contributed by atoms with Crippen LogP contribution in [0.4, 0.5) is 24.8 Å². The molecular weight excluding hydrogens is 429 g/mol. The summed E-state index contributed by atoms with van der Waals surface area (Å²) in [6, 6.07) is 6.81. The molecule has 2 N–H and O–H groups in total. The fourth-order valence-electron chi connectivity index (χ4n) is 2.63. The molecule has 2 aromatic rings. The number of rotatable bonds is 5. The smallest absolute Gasteiger partial charge is 0.376 e. The van der Waals surface area contributed by atoms with Crippen LogP contribution in [0.15, 0.2) is 34.9 Å². The SMILES string of the molecule is O=C(NC[C@H]1CCCO1)c1cnc(Nc2cccc(Br)c2)nc1C(F)(F)F. The van der Waals surface area contributed by atoms with Crippen LogP contribution in [-0.4, -0.2) is 35.1 Å². The molecule has 3 rings (SSSR count). The Labute approximate surface area is 161 Å². The molecule has 1 aromatic carbocycles. The highest BCUT2D eigenvalue weighted by atomic mass is 79.9. The fraction of sp³-hybridized carbons (Fsp3) is 0.353. The quantitative estimate of drug-likeness (QED) is 0.730. The third kappa shape index (κ3) is 5.16. The molecule has 1 aliphatic heterocycles. The zero-order chi connectivity index (χ0) is 19.4. The number of carbonyl (C=O) groups is 1. The van der Waals surface area contributed by atoms with Crippen molar-refractivity contribution in [2.24, 2.45) is 0 Å². The first-order valence-electron chi connectivity index (χ1n) is 8.19. The Morgan fingerprint density at radius 3 is 2.85 bits per heavy atom. The number of hydrogen-bond donors (Lipinski definition) is 2. The van der Waals surface area contributed by atoms with Crippen molar-refractivity contribution in [3.05, 3.63) is 46.2 Å². The normalized spacial score (nSPS) is 17.0. The molecule has 6 nitrogen and oxygen atoms in total. The summed E-state index contributed by atoms with van der Waals surface area (Å²) in [7, 11) is 0. The van der Waals surface area contributed by atoms with Gasteiger partial charge in [-0.05, 0) is 31.0 Å². The predicted molar refractivity (Wildman–Crippen MR) is 95.8 cm³/mol. The summed E-state index contributed by atoms with van der Waals surface area (Å²) < 4.78 is 46.3. The van der Waals surface area contributed by atoms with Gasteiger partial charge in [-0.15, -0.1) is 0 Å². The summed E-state index contributed by atoms with van der Waals surface area (Å²) in [5.74, 6) is -1.14. The summed E-state index contributed by atoms with van der Waals surface area (Å²) in [5.41, 5.74) is -1.41. The van der Waals surface area contributed by atoms with E-state index in [0.717, 1.165) is 23.5 Å². The van der Waals surface area contributed by atoms with Gasteiger partial charge >= 0.3 is 6.18 Å². The highest BCUT2D eigenvalue weighted by molar-refractivity contribution is 9.10. The number of carbonyl (C=O) groups excluding carboxylic acids is 1. The molecule has 27 heavy (non-hydrogen) atoms. The van der Waals surface area contributed by atoms with Crippen LogP contribution in [0.25, 0.3) is 0 Å². The van der Waals surface area contributed by atoms with Crippen LogP contribution >= 0.6 is 15.9 Å². The molecule has 0 spiro atoms. The van der Waals surface area contributed by atoms with E-state index < -0.39 is 23.3 Å². The van der Waals surface area contributed by atoms with Crippen LogP contribution in [0.1, 0.15) is 28.9 Å². The minimum atomic E-state index is -4.80. The number of nitrogens with zero attached hydrogens (tertiary/aromatic N) is 2. The lowest BCUT2D eigenvalue weighted by atomic mass is 10.2. The van der Waals surface area contributed by atoms with Crippen molar-refractivity contribution in [3.8, 4) is 0 Å². The van der Waals surface area contributed by atoms with Crippen LogP contribution in [0, 0.1) is 0 Å². The van der Waals surface area contributed by atoms with Crippen molar-refractivity contribution in [2.75, 3.05) is 18.5 Å². The molecule has 1 atom stereocenters. The van der Waals surface area contributed by atoms with Crippen molar-refractivity contribution in [1.82, 2.24) is 15.3 Å². The summed E-state index contributed by atoms with van der Waals surface area (Å²) in [4.78, 5) is 19.6. The van der Waals surface area contributed by atoms with Gasteiger partial charge in [0.15, 0.2) is 5.69 Å². The number of amides is 1. The Hall–Kier alpha value is -2.20. The molecule has 144 valence electrons. The van der Waals surface area contributed by atoms with Crippen molar-refractivity contribution < 1.29 is 22.7 Å². The van der Waals surface area contributed by atoms with Gasteiger partial charge in [0.25, 0.3) is 5.91 Å². The summed E-state index contributed by atoms with van der Waals surface area (Å²) in [6.07, 6.45) is -2.47. The van der Waals surface area contributed by atoms with Crippen LogP contribution in [-0.2, 0) is 10.9 Å². The molecule has 1 amide bonds. The Morgan fingerprint density at radius 2 is 2.19 bits per heavy atom. The van der Waals surface area contributed by atoms with Gasteiger partial charge in [0.2, 0.25) is 5.95 Å². The Balaban J connectivity index is 1.80. The van der Waals surface area contributed by atoms with Crippen molar-refractivity contribution in [1.29, 1.82) is 0 Å². The monoisotopic (exact) mass is 444 g/mol. The van der Waals surface area contributed by atoms with Crippen molar-refractivity contribution >= 4 is 33.5 Å². The minimum Gasteiger partial charge on any atom is -0.376 e. The van der Waals surface area contributed by atoms with E-state index in [4.69, 9.17) is 4.74 Å². The number of aromatic nitrogens is 2. The second-order valence-electron chi connectivity index (χ2n) is 5.93. The highest BCUT2D eigenvalue weighted by Crippen LogP contribution is 2.31. The minimum absolute atomic E-state index is 0.147. The van der Waals surface area contributed by atoms with Gasteiger partial charge in [-0.1, -0.05) is 22.0 Å². The molecule has 10 heteroatoms. The highest BCUT2D eigenvalue weighted by Gasteiger charge is 2.38. The zero-order valence-electron chi connectivity index (χ0n) is 14.0. The van der Waals surface area contributed by atoms with E-state index >= 15 is 0 Å². The van der Waals surface area contributed by atoms with Crippen LogP contribution in [0.5, 0.6) is 0 Å². The third-order valence-corrected chi connectivity index (χ3v) is 4.39. The molecule has 0 bridgehead atoms. The van der Waals surface area contributed by atoms with Crippen LogP contribution in [0.2, 0.25) is 0 Å². The number of benzene rings is 1. The first-order chi connectivity index (χ1) is 12.8. The van der Waals surface area contributed by atoms with E-state index in [1.54, 1.807) is 24.3 Å². The summed E-state index contributed by atoms with van der Waals surface area (Å²) in [6.45, 7) is 0.738. The molecule has 1 aliphatic rings. The number of alkyl halides is 3. The Morgan fingerprint density at radius 1 is 1.37 bits per heavy atom. The second kappa shape index (κ2) is 8.22. The molecule has 0 radical (unpaired) electrons. The first kappa shape index (κ1) is 19.6. The molecule has 0 unspecified atom stereocenters. The molecule has 0 aliphatic carbocycles. The summed E-state index contributed by atoms with van der Waals surface area (Å²) in [5, 5.41) is 5.16. The number of halogens is 4. The molecule has 2 heterocycles. The van der Waals surface area contributed by atoms with E-state index in [0.29, 0.717) is 12.3 Å². The summed E-state index contributed by atoms with van der Waals surface area (Å²) >= 11 is 3.27. The third-order valence-electron chi connectivity index (χ3n) is 3.90. The molecule has 0 saturated carbocycles. The topological polar surface area (TPSA) is 76.1 Å². The molecule has 1 fully saturated rings. The van der Waals surface area contributed by atoms with E-state index in [9.17, 15) is 18.0 Å². The Bertz CT molecular complexity index is 826. The average Bonchev–Trinajstić information content (AvgIpc) is 3.12. The predicted octanol–water partition coefficient (Wildman–Crippen LogP) is 3.91. The molecule has 1 saturated heterocycles. The lowest BCUT2D eigenvalue weighted by Gasteiger charge is -2.15. The van der Waals surface area contributed by atoms with Crippen LogP contribution in [0.3, 0.4) is 0 Å². The van der Waals surface area contributed by atoms with Gasteiger partial charge in [0, 0.05) is 29.5 Å². The maximum absolute atomic E-state index is 13.4. The molecule has 1 aromatic heterocycles. The number of ether oxygens (including phenoxy) is 1. The van der Waals surface area contributed by atoms with Gasteiger partial charge in [0.05, 0.1) is 11.7 Å². The standard InChI is InChI=1S/C17H16BrF3N4O2/c18-10-3-1-4-11(7-10)24-16-23-9-13(14(25-16)17(19,20)21)15(26)22-8-12-5-2-6-27-12/h1,3-4,7,9,12H,2,5-6,8H2,(H,22,26)(H,23,24,25)/t12-/m1/s1. The zero-order valence-corrected chi connectivity index (χ0v) is 15.6. The number of anilines is 2. The van der Waals surface area contributed by atoms with Gasteiger partial charge in [-0.3, -0.25) is 4.79 Å². The maximum Gasteiger partial charge on any atom is 0.434 e. The number of hydrogen-bond acceptors (Lipinski definition) is 5. The number of nitrogens with one attached hydrogen (secondary N) is 2.